The predicted molar refractivity (Wildman–Crippen MR) is 210 cm³/mol. The average Bonchev–Trinajstić information content (AvgIpc) is 3.50. The number of fused-ring (bicyclic) bond motifs is 1. The van der Waals surface area contributed by atoms with Gasteiger partial charge in [0, 0.05) is 57.2 Å². The van der Waals surface area contributed by atoms with Crippen molar-refractivity contribution in [2.24, 2.45) is 0 Å². The normalized spacial score (nSPS) is 14.0. The zero-order valence-corrected chi connectivity index (χ0v) is 33.0. The standard InChI is InChI=1S/C41H47F2N5O6Si/c1-25-32(20-28(42)21-35(25)46-39(49)31-12-9-27(19-34(31)43)41(2,3)52)37-33-22-36(48(38(33)45-23-44-37)24-53-17-18-55(4,5)6)26-7-10-29(11-8-26)54-30-13-15-47(16-14-30)40(50)51/h7-12,19-23,30,52H,13-18,24H2,1-6H3,(H,46,49)(H,50,51). The summed E-state index contributed by atoms with van der Waals surface area (Å²) in [4.78, 5) is 35.2. The average molecular weight is 772 g/mol. The lowest BCUT2D eigenvalue weighted by Gasteiger charge is -2.30. The van der Waals surface area contributed by atoms with E-state index in [1.165, 1.54) is 49.3 Å². The van der Waals surface area contributed by atoms with E-state index in [4.69, 9.17) is 9.47 Å². The fraction of sp³-hybridized carbons (Fsp3) is 0.366. The van der Waals surface area contributed by atoms with E-state index in [0.717, 1.165) is 23.4 Å². The summed E-state index contributed by atoms with van der Waals surface area (Å²) in [6.45, 7) is 13.3. The van der Waals surface area contributed by atoms with Gasteiger partial charge in [-0.05, 0) is 98.1 Å². The van der Waals surface area contributed by atoms with Gasteiger partial charge in [0.25, 0.3) is 5.91 Å². The minimum absolute atomic E-state index is 0.0899. The van der Waals surface area contributed by atoms with Gasteiger partial charge in [-0.1, -0.05) is 25.7 Å². The Balaban J connectivity index is 1.33. The van der Waals surface area contributed by atoms with Crippen LogP contribution in [0.5, 0.6) is 5.75 Å². The second-order valence-corrected chi connectivity index (χ2v) is 21.3. The molecule has 0 aliphatic carbocycles. The molecule has 0 bridgehead atoms. The monoisotopic (exact) mass is 771 g/mol. The first-order valence-electron chi connectivity index (χ1n) is 18.3. The number of benzene rings is 3. The number of carboxylic acid groups (broad SMARTS) is 1. The number of amides is 2. The summed E-state index contributed by atoms with van der Waals surface area (Å²) < 4.78 is 44.8. The molecular formula is C41H47F2N5O6Si. The highest BCUT2D eigenvalue weighted by molar-refractivity contribution is 6.76. The van der Waals surface area contributed by atoms with Gasteiger partial charge in [-0.15, -0.1) is 0 Å². The molecule has 2 amide bonds. The quantitative estimate of drug-likeness (QED) is 0.0847. The maximum absolute atomic E-state index is 15.4. The third kappa shape index (κ3) is 9.20. The Bertz CT molecular complexity index is 2210. The molecule has 5 aromatic rings. The number of carbonyl (C=O) groups is 2. The molecule has 11 nitrogen and oxygen atoms in total. The van der Waals surface area contributed by atoms with Crippen molar-refractivity contribution in [2.45, 2.75) is 77.7 Å². The molecule has 14 heteroatoms. The van der Waals surface area contributed by atoms with Crippen molar-refractivity contribution in [1.82, 2.24) is 19.4 Å². The molecular weight excluding hydrogens is 725 g/mol. The van der Waals surface area contributed by atoms with Crippen LogP contribution >= 0.6 is 0 Å². The minimum atomic E-state index is -1.36. The molecule has 3 heterocycles. The maximum atomic E-state index is 15.4. The molecule has 0 radical (unpaired) electrons. The third-order valence-corrected chi connectivity index (χ3v) is 11.6. The predicted octanol–water partition coefficient (Wildman–Crippen LogP) is 8.67. The smallest absolute Gasteiger partial charge is 0.407 e. The van der Waals surface area contributed by atoms with Gasteiger partial charge < -0.3 is 34.5 Å². The molecule has 1 saturated heterocycles. The number of piperidine rings is 1. The van der Waals surface area contributed by atoms with Crippen LogP contribution in [0.1, 0.15) is 48.2 Å². The van der Waals surface area contributed by atoms with E-state index in [9.17, 15) is 19.8 Å². The molecule has 3 aromatic carbocycles. The minimum Gasteiger partial charge on any atom is -0.490 e. The zero-order valence-electron chi connectivity index (χ0n) is 32.0. The first-order valence-corrected chi connectivity index (χ1v) is 22.0. The Morgan fingerprint density at radius 3 is 2.35 bits per heavy atom. The number of anilines is 1. The first kappa shape index (κ1) is 39.5. The molecule has 0 spiro atoms. The van der Waals surface area contributed by atoms with Crippen molar-refractivity contribution in [2.75, 3.05) is 25.0 Å². The molecule has 290 valence electrons. The van der Waals surface area contributed by atoms with Crippen LogP contribution < -0.4 is 10.1 Å². The summed E-state index contributed by atoms with van der Waals surface area (Å²) in [7, 11) is -1.36. The van der Waals surface area contributed by atoms with Gasteiger partial charge in [-0.3, -0.25) is 4.79 Å². The number of likely N-dealkylation sites (tertiary alicyclic amines) is 1. The van der Waals surface area contributed by atoms with Crippen molar-refractivity contribution < 1.29 is 38.1 Å². The van der Waals surface area contributed by atoms with Gasteiger partial charge in [-0.25, -0.2) is 23.5 Å². The Labute approximate surface area is 320 Å². The van der Waals surface area contributed by atoms with Gasteiger partial charge in [-0.2, -0.15) is 0 Å². The third-order valence-electron chi connectivity index (χ3n) is 9.87. The molecule has 1 fully saturated rings. The van der Waals surface area contributed by atoms with E-state index in [2.05, 4.69) is 34.9 Å². The Morgan fingerprint density at radius 1 is 1.00 bits per heavy atom. The fourth-order valence-electron chi connectivity index (χ4n) is 6.57. The van der Waals surface area contributed by atoms with Gasteiger partial charge >= 0.3 is 6.09 Å². The van der Waals surface area contributed by atoms with E-state index in [-0.39, 0.29) is 24.1 Å². The van der Waals surface area contributed by atoms with Gasteiger partial charge in [0.05, 0.1) is 22.6 Å². The lowest BCUT2D eigenvalue weighted by molar-refractivity contribution is 0.0780. The van der Waals surface area contributed by atoms with Crippen molar-refractivity contribution >= 4 is 36.8 Å². The van der Waals surface area contributed by atoms with Crippen LogP contribution in [-0.2, 0) is 17.1 Å². The lowest BCUT2D eigenvalue weighted by atomic mass is 9.96. The number of aromatic nitrogens is 3. The topological polar surface area (TPSA) is 139 Å². The molecule has 0 unspecified atom stereocenters. The number of nitrogens with zero attached hydrogens (tertiary/aromatic N) is 4. The van der Waals surface area contributed by atoms with Crippen LogP contribution in [0.25, 0.3) is 33.5 Å². The van der Waals surface area contributed by atoms with E-state index in [0.29, 0.717) is 71.7 Å². The van der Waals surface area contributed by atoms with E-state index < -0.39 is 37.3 Å². The Morgan fingerprint density at radius 2 is 1.71 bits per heavy atom. The second-order valence-electron chi connectivity index (χ2n) is 15.7. The Kier molecular flexibility index (Phi) is 11.4. The van der Waals surface area contributed by atoms with Gasteiger partial charge in [0.1, 0.15) is 42.2 Å². The fourth-order valence-corrected chi connectivity index (χ4v) is 7.32. The number of nitrogens with one attached hydrogen (secondary N) is 1. The van der Waals surface area contributed by atoms with E-state index in [1.807, 2.05) is 34.9 Å². The summed E-state index contributed by atoms with van der Waals surface area (Å²) in [5.74, 6) is -1.54. The number of aliphatic hydroxyl groups is 1. The van der Waals surface area contributed by atoms with Crippen molar-refractivity contribution in [3.05, 3.63) is 95.3 Å². The van der Waals surface area contributed by atoms with Crippen LogP contribution in [-0.4, -0.2) is 75.5 Å². The van der Waals surface area contributed by atoms with Crippen molar-refractivity contribution in [3.8, 4) is 28.3 Å². The van der Waals surface area contributed by atoms with Crippen LogP contribution in [0.3, 0.4) is 0 Å². The number of hydrogen-bond acceptors (Lipinski definition) is 7. The van der Waals surface area contributed by atoms with Gasteiger partial charge in [0.2, 0.25) is 0 Å². The van der Waals surface area contributed by atoms with Crippen molar-refractivity contribution in [3.63, 3.8) is 0 Å². The first-order chi connectivity index (χ1) is 26.0. The second kappa shape index (κ2) is 15.9. The summed E-state index contributed by atoms with van der Waals surface area (Å²) >= 11 is 0. The number of ether oxygens (including phenoxy) is 2. The van der Waals surface area contributed by atoms with Crippen LogP contribution in [0.15, 0.2) is 67.0 Å². The number of halogens is 2. The molecule has 1 aliphatic heterocycles. The summed E-state index contributed by atoms with van der Waals surface area (Å²) in [5, 5.41) is 22.8. The molecule has 55 heavy (non-hydrogen) atoms. The highest BCUT2D eigenvalue weighted by Crippen LogP contribution is 2.37. The number of hydrogen-bond donors (Lipinski definition) is 3. The molecule has 0 saturated carbocycles. The van der Waals surface area contributed by atoms with Crippen LogP contribution in [0.4, 0.5) is 19.3 Å². The van der Waals surface area contributed by atoms with E-state index in [1.54, 1.807) is 6.92 Å². The number of carbonyl (C=O) groups excluding carboxylic acids is 1. The summed E-state index contributed by atoms with van der Waals surface area (Å²) in [6, 6.07) is 17.0. The maximum Gasteiger partial charge on any atom is 0.407 e. The zero-order chi connectivity index (χ0) is 39.7. The van der Waals surface area contributed by atoms with E-state index >= 15 is 8.78 Å². The van der Waals surface area contributed by atoms with Crippen molar-refractivity contribution in [1.29, 1.82) is 0 Å². The molecule has 0 atom stereocenters. The Hall–Kier alpha value is -5.18. The largest absolute Gasteiger partial charge is 0.490 e. The molecule has 1 aliphatic rings. The lowest BCUT2D eigenvalue weighted by Crippen LogP contribution is -2.41. The summed E-state index contributed by atoms with van der Waals surface area (Å²) in [5.41, 5.74) is 2.50. The summed E-state index contributed by atoms with van der Waals surface area (Å²) in [6.07, 6.45) is 1.62. The SMILES string of the molecule is Cc1c(NC(=O)c2ccc(C(C)(C)O)cc2F)cc(F)cc1-c1ncnc2c1cc(-c1ccc(OC3CCN(C(=O)O)CC3)cc1)n2COCC[Si](C)(C)C. The molecule has 2 aromatic heterocycles. The van der Waals surface area contributed by atoms with Crippen LogP contribution in [0, 0.1) is 18.6 Å². The number of rotatable bonds is 12. The molecule has 3 N–H and O–H groups in total. The highest BCUT2D eigenvalue weighted by Gasteiger charge is 2.25. The molecule has 6 rings (SSSR count). The highest BCUT2D eigenvalue weighted by atomic mass is 28.3. The van der Waals surface area contributed by atoms with Gasteiger partial charge in [0.15, 0.2) is 0 Å². The van der Waals surface area contributed by atoms with Crippen LogP contribution in [0.2, 0.25) is 25.7 Å².